The number of carbonyl (C=O) groups excluding carboxylic acids is 1. The lowest BCUT2D eigenvalue weighted by atomic mass is 9.77. The number of esters is 1. The van der Waals surface area contributed by atoms with E-state index in [4.69, 9.17) is 16.3 Å². The fourth-order valence-electron chi connectivity index (χ4n) is 4.13. The van der Waals surface area contributed by atoms with Crippen molar-refractivity contribution >= 4 is 17.6 Å². The molecule has 0 aliphatic carbocycles. The first-order chi connectivity index (χ1) is 9.99. The molecule has 0 N–H and O–H groups in total. The first-order valence-electron chi connectivity index (χ1n) is 7.45. The van der Waals surface area contributed by atoms with Crippen LogP contribution in [-0.4, -0.2) is 29.6 Å². The number of rotatable bonds is 0. The highest BCUT2D eigenvalue weighted by Crippen LogP contribution is 2.49. The molecule has 3 aliphatic rings. The molecule has 21 heavy (non-hydrogen) atoms. The summed E-state index contributed by atoms with van der Waals surface area (Å²) < 4.78 is 5.55. The van der Waals surface area contributed by atoms with Gasteiger partial charge in [-0.15, -0.1) is 0 Å². The van der Waals surface area contributed by atoms with Crippen molar-refractivity contribution in [3.05, 3.63) is 46.0 Å². The Labute approximate surface area is 129 Å². The van der Waals surface area contributed by atoms with Gasteiger partial charge in [0.05, 0.1) is 0 Å². The Bertz CT molecular complexity index is 669. The van der Waals surface area contributed by atoms with Gasteiger partial charge in [0.1, 0.15) is 10.6 Å². The van der Waals surface area contributed by atoms with Crippen LogP contribution in [0.5, 0.6) is 0 Å². The van der Waals surface area contributed by atoms with Crippen LogP contribution >= 0.6 is 11.6 Å². The molecule has 110 valence electrons. The largest absolute Gasteiger partial charge is 0.449 e. The molecule has 4 heteroatoms. The second-order valence-corrected chi connectivity index (χ2v) is 6.97. The Morgan fingerprint density at radius 1 is 1.33 bits per heavy atom. The molecule has 0 bridgehead atoms. The van der Waals surface area contributed by atoms with Crippen LogP contribution in [0, 0.1) is 0 Å². The molecule has 1 fully saturated rings. The zero-order chi connectivity index (χ0) is 14.8. The quantitative estimate of drug-likeness (QED) is 0.688. The van der Waals surface area contributed by atoms with Crippen molar-refractivity contribution in [3.63, 3.8) is 0 Å². The third-order valence-electron chi connectivity index (χ3n) is 5.14. The lowest BCUT2D eigenvalue weighted by Crippen LogP contribution is -2.51. The molecule has 3 nitrogen and oxygen atoms in total. The molecule has 0 aromatic heterocycles. The maximum atomic E-state index is 11.8. The van der Waals surface area contributed by atoms with Crippen LogP contribution in [0.1, 0.15) is 43.4 Å². The molecule has 3 atom stereocenters. The van der Waals surface area contributed by atoms with Crippen LogP contribution in [0.2, 0.25) is 0 Å². The van der Waals surface area contributed by atoms with Crippen molar-refractivity contribution in [2.75, 3.05) is 13.1 Å². The van der Waals surface area contributed by atoms with E-state index in [0.717, 1.165) is 25.1 Å². The number of carbonyl (C=O) groups is 1. The lowest BCUT2D eigenvalue weighted by Gasteiger charge is -2.48. The molecule has 3 heterocycles. The van der Waals surface area contributed by atoms with Gasteiger partial charge in [0.2, 0.25) is 0 Å². The topological polar surface area (TPSA) is 29.5 Å². The molecule has 0 radical (unpaired) electrons. The minimum absolute atomic E-state index is 0.299. The van der Waals surface area contributed by atoms with E-state index in [1.807, 2.05) is 6.92 Å². The highest BCUT2D eigenvalue weighted by atomic mass is 35.5. The van der Waals surface area contributed by atoms with E-state index in [1.54, 1.807) is 0 Å². The molecule has 3 aliphatic heterocycles. The zero-order valence-electron chi connectivity index (χ0n) is 12.2. The van der Waals surface area contributed by atoms with Crippen molar-refractivity contribution in [2.45, 2.75) is 37.8 Å². The molecule has 3 unspecified atom stereocenters. The molecule has 1 aromatic carbocycles. The summed E-state index contributed by atoms with van der Waals surface area (Å²) >= 11 is 6.20. The number of benzene rings is 1. The van der Waals surface area contributed by atoms with Crippen molar-refractivity contribution in [2.24, 2.45) is 0 Å². The van der Waals surface area contributed by atoms with Crippen molar-refractivity contribution in [1.82, 2.24) is 4.90 Å². The monoisotopic (exact) mass is 303 g/mol. The number of hydrogen-bond acceptors (Lipinski definition) is 3. The Balaban J connectivity index is 1.80. The van der Waals surface area contributed by atoms with E-state index in [1.165, 1.54) is 11.1 Å². The number of fused-ring (bicyclic) bond motifs is 4. The van der Waals surface area contributed by atoms with E-state index in [0.29, 0.717) is 17.0 Å². The zero-order valence-corrected chi connectivity index (χ0v) is 13.0. The molecule has 1 saturated heterocycles. The third-order valence-corrected chi connectivity index (χ3v) is 5.52. The first kappa shape index (κ1) is 13.4. The summed E-state index contributed by atoms with van der Waals surface area (Å²) in [6.45, 7) is 5.97. The Morgan fingerprint density at radius 3 is 2.81 bits per heavy atom. The predicted octanol–water partition coefficient (Wildman–Crippen LogP) is 3.36. The summed E-state index contributed by atoms with van der Waals surface area (Å²) in [5.74, 6) is 0.134. The van der Waals surface area contributed by atoms with E-state index < -0.39 is 5.60 Å². The van der Waals surface area contributed by atoms with Crippen LogP contribution < -0.4 is 0 Å². The summed E-state index contributed by atoms with van der Waals surface area (Å²) in [6.07, 6.45) is 0.783. The van der Waals surface area contributed by atoms with Gasteiger partial charge in [0.25, 0.3) is 0 Å². The number of hydrogen-bond donors (Lipinski definition) is 0. The lowest BCUT2D eigenvalue weighted by molar-refractivity contribution is -0.148. The van der Waals surface area contributed by atoms with Crippen LogP contribution in [0.4, 0.5) is 0 Å². The van der Waals surface area contributed by atoms with Gasteiger partial charge in [-0.1, -0.05) is 42.8 Å². The fraction of sp³-hybridized carbons (Fsp3) is 0.471. The van der Waals surface area contributed by atoms with Crippen molar-refractivity contribution < 1.29 is 9.53 Å². The number of nitrogens with zero attached hydrogens (tertiary/aromatic N) is 1. The summed E-state index contributed by atoms with van der Waals surface area (Å²) in [6, 6.07) is 8.93. The van der Waals surface area contributed by atoms with Crippen molar-refractivity contribution in [3.8, 4) is 0 Å². The van der Waals surface area contributed by atoms with Crippen LogP contribution in [-0.2, 0) is 9.53 Å². The Hall–Kier alpha value is -1.32. The minimum Gasteiger partial charge on any atom is -0.449 e. The molecule has 0 amide bonds. The average Bonchev–Trinajstić information content (AvgIpc) is 2.67. The predicted molar refractivity (Wildman–Crippen MR) is 81.2 cm³/mol. The summed E-state index contributed by atoms with van der Waals surface area (Å²) in [7, 11) is 0. The Morgan fingerprint density at radius 2 is 2.05 bits per heavy atom. The third kappa shape index (κ3) is 1.80. The highest BCUT2D eigenvalue weighted by molar-refractivity contribution is 6.42. The standard InChI is InChI=1S/C17H18ClNO2/c1-10-8-19-9-17(2)13(15(18)16(20)21-17)7-14(19)12-6-4-3-5-11(10)12/h3-6,10,14H,7-9H2,1-2H3. The second-order valence-electron chi connectivity index (χ2n) is 6.59. The van der Waals surface area contributed by atoms with Gasteiger partial charge in [-0.2, -0.15) is 0 Å². The molecular weight excluding hydrogens is 286 g/mol. The van der Waals surface area contributed by atoms with Gasteiger partial charge in [0, 0.05) is 24.7 Å². The van der Waals surface area contributed by atoms with E-state index >= 15 is 0 Å². The molecular formula is C17H18ClNO2. The first-order valence-corrected chi connectivity index (χ1v) is 7.83. The average molecular weight is 304 g/mol. The normalized spacial score (nSPS) is 35.1. The molecule has 0 spiro atoms. The van der Waals surface area contributed by atoms with Gasteiger partial charge < -0.3 is 4.74 Å². The molecule has 0 saturated carbocycles. The van der Waals surface area contributed by atoms with Crippen LogP contribution in [0.25, 0.3) is 0 Å². The second kappa shape index (κ2) is 4.34. The maximum absolute atomic E-state index is 11.8. The van der Waals surface area contributed by atoms with Gasteiger partial charge in [-0.25, -0.2) is 4.79 Å². The smallest absolute Gasteiger partial charge is 0.350 e. The van der Waals surface area contributed by atoms with Crippen molar-refractivity contribution in [1.29, 1.82) is 0 Å². The number of ether oxygens (including phenoxy) is 1. The van der Waals surface area contributed by atoms with Gasteiger partial charge >= 0.3 is 5.97 Å². The minimum atomic E-state index is -0.545. The van der Waals surface area contributed by atoms with Crippen LogP contribution in [0.3, 0.4) is 0 Å². The molecule has 4 rings (SSSR count). The van der Waals surface area contributed by atoms with E-state index in [9.17, 15) is 4.79 Å². The van der Waals surface area contributed by atoms with Gasteiger partial charge in [0.15, 0.2) is 0 Å². The molecule has 1 aromatic rings. The number of halogens is 1. The SMILES string of the molecule is CC1CN2CC3(C)OC(=O)C(Cl)=C3CC2c2ccccc21. The highest BCUT2D eigenvalue weighted by Gasteiger charge is 2.51. The van der Waals surface area contributed by atoms with Gasteiger partial charge in [-0.05, 0) is 30.4 Å². The van der Waals surface area contributed by atoms with Crippen LogP contribution in [0.15, 0.2) is 34.9 Å². The fourth-order valence-corrected chi connectivity index (χ4v) is 4.45. The van der Waals surface area contributed by atoms with E-state index in [2.05, 4.69) is 36.1 Å². The summed E-state index contributed by atoms with van der Waals surface area (Å²) in [5.41, 5.74) is 3.22. The van der Waals surface area contributed by atoms with Gasteiger partial charge in [-0.3, -0.25) is 4.90 Å². The number of piperidine rings is 1. The summed E-state index contributed by atoms with van der Waals surface area (Å²) in [4.78, 5) is 14.3. The van der Waals surface area contributed by atoms with E-state index in [-0.39, 0.29) is 5.97 Å². The Kier molecular flexibility index (Phi) is 2.76. The maximum Gasteiger partial charge on any atom is 0.350 e. The summed E-state index contributed by atoms with van der Waals surface area (Å²) in [5, 5.41) is 0.299.